The Morgan fingerprint density at radius 3 is 2.52 bits per heavy atom. The van der Waals surface area contributed by atoms with Crippen molar-refractivity contribution in [3.63, 3.8) is 0 Å². The molecule has 7 nitrogen and oxygen atoms in total. The largest absolute Gasteiger partial charge is 0.494 e. The Morgan fingerprint density at radius 1 is 1.21 bits per heavy atom. The first kappa shape index (κ1) is 23.0. The minimum absolute atomic E-state index is 0.0503. The summed E-state index contributed by atoms with van der Waals surface area (Å²) in [5.41, 5.74) is 1.76. The van der Waals surface area contributed by atoms with Crippen molar-refractivity contribution >= 4 is 11.8 Å². The highest BCUT2D eigenvalue weighted by Crippen LogP contribution is 2.35. The fraction of sp³-hybridized carbons (Fsp3) is 0.636. The molecule has 2 atom stereocenters. The quantitative estimate of drug-likeness (QED) is 0.568. The molecule has 1 aromatic rings. The zero-order valence-electron chi connectivity index (χ0n) is 18.6. The monoisotopic (exact) mass is 406 g/mol. The number of amides is 2. The third kappa shape index (κ3) is 7.24. The van der Waals surface area contributed by atoms with Crippen LogP contribution >= 0.6 is 0 Å². The number of hydrogen-bond acceptors (Lipinski definition) is 4. The molecular formula is C22H36N3O4+. The molecule has 1 aromatic carbocycles. The molecule has 2 amide bonds. The first-order valence-electron chi connectivity index (χ1n) is 10.5. The second-order valence-corrected chi connectivity index (χ2v) is 8.67. The average molecular weight is 407 g/mol. The van der Waals surface area contributed by atoms with Gasteiger partial charge in [0.2, 0.25) is 0 Å². The molecule has 1 aliphatic rings. The summed E-state index contributed by atoms with van der Waals surface area (Å²) >= 11 is 0. The van der Waals surface area contributed by atoms with Gasteiger partial charge in [0.05, 0.1) is 13.2 Å². The molecule has 1 unspecified atom stereocenters. The van der Waals surface area contributed by atoms with E-state index in [0.717, 1.165) is 33.9 Å². The molecule has 1 heterocycles. The van der Waals surface area contributed by atoms with Gasteiger partial charge in [-0.15, -0.1) is 0 Å². The van der Waals surface area contributed by atoms with Crippen LogP contribution in [0.25, 0.3) is 0 Å². The maximum absolute atomic E-state index is 12.5. The standard InChI is InChI=1S/C22H35N3O4/c1-7-25(14-21(27)24-22(4,5)6)13-20(26)23-12-17-11-19-16(9-15(3)29-19)10-18(17)28-8-2/h10-11,15H,7-9,12-14H2,1-6H3,(H,23,26)(H,24,27)/p+1/t15-/m1/s1. The van der Waals surface area contributed by atoms with E-state index in [0.29, 0.717) is 19.7 Å². The maximum Gasteiger partial charge on any atom is 0.275 e. The second-order valence-electron chi connectivity index (χ2n) is 8.67. The van der Waals surface area contributed by atoms with Crippen LogP contribution in [0.2, 0.25) is 0 Å². The molecule has 0 bridgehead atoms. The minimum Gasteiger partial charge on any atom is -0.494 e. The lowest BCUT2D eigenvalue weighted by atomic mass is 10.1. The molecule has 29 heavy (non-hydrogen) atoms. The summed E-state index contributed by atoms with van der Waals surface area (Å²) in [5.74, 6) is 1.51. The van der Waals surface area contributed by atoms with Crippen LogP contribution in [0.3, 0.4) is 0 Å². The Bertz CT molecular complexity index is 728. The normalized spacial score (nSPS) is 16.6. The first-order valence-corrected chi connectivity index (χ1v) is 10.5. The van der Waals surface area contributed by atoms with E-state index < -0.39 is 0 Å². The Labute approximate surface area is 174 Å². The predicted molar refractivity (Wildman–Crippen MR) is 112 cm³/mol. The van der Waals surface area contributed by atoms with Crippen molar-refractivity contribution in [3.8, 4) is 11.5 Å². The number of carbonyl (C=O) groups excluding carboxylic acids is 2. The Balaban J connectivity index is 1.94. The first-order chi connectivity index (χ1) is 13.6. The Morgan fingerprint density at radius 2 is 1.90 bits per heavy atom. The summed E-state index contributed by atoms with van der Waals surface area (Å²) in [7, 11) is 0. The van der Waals surface area contributed by atoms with E-state index >= 15 is 0 Å². The van der Waals surface area contributed by atoms with E-state index in [9.17, 15) is 9.59 Å². The van der Waals surface area contributed by atoms with E-state index in [1.54, 1.807) is 0 Å². The highest BCUT2D eigenvalue weighted by atomic mass is 16.5. The van der Waals surface area contributed by atoms with Crippen molar-refractivity contribution in [1.82, 2.24) is 10.6 Å². The highest BCUT2D eigenvalue weighted by molar-refractivity contribution is 5.79. The van der Waals surface area contributed by atoms with Gasteiger partial charge >= 0.3 is 0 Å². The number of carbonyl (C=O) groups is 2. The van der Waals surface area contributed by atoms with Crippen LogP contribution in [-0.2, 0) is 22.6 Å². The minimum atomic E-state index is -0.277. The topological polar surface area (TPSA) is 81.1 Å². The van der Waals surface area contributed by atoms with Gasteiger partial charge in [-0.1, -0.05) is 0 Å². The van der Waals surface area contributed by atoms with Gasteiger partial charge in [-0.2, -0.15) is 0 Å². The summed E-state index contributed by atoms with van der Waals surface area (Å²) < 4.78 is 11.6. The van der Waals surface area contributed by atoms with Gasteiger partial charge in [-0.3, -0.25) is 9.59 Å². The molecule has 0 fully saturated rings. The van der Waals surface area contributed by atoms with Crippen LogP contribution in [0.15, 0.2) is 12.1 Å². The second kappa shape index (κ2) is 9.96. The Kier molecular flexibility index (Phi) is 7.90. The summed E-state index contributed by atoms with van der Waals surface area (Å²) in [6, 6.07) is 3.98. The van der Waals surface area contributed by atoms with Gasteiger partial charge in [-0.25, -0.2) is 0 Å². The van der Waals surface area contributed by atoms with Crippen molar-refractivity contribution in [1.29, 1.82) is 0 Å². The molecule has 3 N–H and O–H groups in total. The van der Waals surface area contributed by atoms with Crippen molar-refractivity contribution in [2.24, 2.45) is 0 Å². The average Bonchev–Trinajstić information content (AvgIpc) is 2.96. The predicted octanol–water partition coefficient (Wildman–Crippen LogP) is 0.844. The highest BCUT2D eigenvalue weighted by Gasteiger charge is 2.23. The number of nitrogens with one attached hydrogen (secondary N) is 3. The summed E-state index contributed by atoms with van der Waals surface area (Å²) in [4.78, 5) is 25.5. The lowest BCUT2D eigenvalue weighted by Gasteiger charge is -2.23. The molecule has 0 spiro atoms. The fourth-order valence-corrected chi connectivity index (χ4v) is 3.39. The van der Waals surface area contributed by atoms with Crippen molar-refractivity contribution in [3.05, 3.63) is 23.3 Å². The van der Waals surface area contributed by atoms with Gasteiger partial charge in [-0.05, 0) is 53.7 Å². The van der Waals surface area contributed by atoms with Gasteiger partial charge in [0.1, 0.15) is 17.6 Å². The van der Waals surface area contributed by atoms with Crippen LogP contribution in [0.4, 0.5) is 0 Å². The zero-order chi connectivity index (χ0) is 21.6. The number of rotatable bonds is 9. The molecule has 7 heteroatoms. The van der Waals surface area contributed by atoms with Crippen molar-refractivity contribution in [2.75, 3.05) is 26.2 Å². The van der Waals surface area contributed by atoms with Gasteiger partial charge in [0, 0.05) is 29.6 Å². The van der Waals surface area contributed by atoms with Gasteiger partial charge < -0.3 is 25.0 Å². The van der Waals surface area contributed by atoms with Crippen molar-refractivity contribution < 1.29 is 24.0 Å². The molecule has 0 radical (unpaired) electrons. The number of likely N-dealkylation sites (N-methyl/N-ethyl adjacent to an activating group) is 1. The molecule has 0 saturated carbocycles. The van der Waals surface area contributed by atoms with Crippen LogP contribution in [-0.4, -0.2) is 49.7 Å². The maximum atomic E-state index is 12.5. The number of benzene rings is 1. The van der Waals surface area contributed by atoms with Crippen LogP contribution in [0, 0.1) is 0 Å². The number of quaternary nitrogens is 1. The molecule has 0 saturated heterocycles. The van der Waals surface area contributed by atoms with E-state index in [1.165, 1.54) is 0 Å². The molecule has 1 aliphatic heterocycles. The Hall–Kier alpha value is -2.28. The molecule has 2 rings (SSSR count). The van der Waals surface area contributed by atoms with E-state index in [4.69, 9.17) is 9.47 Å². The molecular weight excluding hydrogens is 370 g/mol. The van der Waals surface area contributed by atoms with Crippen LogP contribution in [0.5, 0.6) is 11.5 Å². The summed E-state index contributed by atoms with van der Waals surface area (Å²) in [6.07, 6.45) is 1.03. The number of fused-ring (bicyclic) bond motifs is 1. The third-order valence-electron chi connectivity index (χ3n) is 4.69. The molecule has 162 valence electrons. The molecule has 0 aromatic heterocycles. The summed E-state index contributed by atoms with van der Waals surface area (Å²) in [5, 5.41) is 5.90. The van der Waals surface area contributed by atoms with Gasteiger partial charge in [0.25, 0.3) is 11.8 Å². The van der Waals surface area contributed by atoms with Crippen LogP contribution < -0.4 is 25.0 Å². The SMILES string of the molecule is CCOc1cc2c(cc1CNC(=O)C[NH+](CC)CC(=O)NC(C)(C)C)O[C@H](C)C2. The van der Waals surface area contributed by atoms with Gasteiger partial charge in [0.15, 0.2) is 13.1 Å². The van der Waals surface area contributed by atoms with Crippen LogP contribution in [0.1, 0.15) is 52.7 Å². The lowest BCUT2D eigenvalue weighted by Crippen LogP contribution is -3.14. The fourth-order valence-electron chi connectivity index (χ4n) is 3.39. The third-order valence-corrected chi connectivity index (χ3v) is 4.69. The zero-order valence-corrected chi connectivity index (χ0v) is 18.6. The van der Waals surface area contributed by atoms with E-state index in [2.05, 4.69) is 10.6 Å². The number of ether oxygens (including phenoxy) is 2. The van der Waals surface area contributed by atoms with E-state index in [-0.39, 0.29) is 36.5 Å². The lowest BCUT2D eigenvalue weighted by molar-refractivity contribution is -0.881. The number of hydrogen-bond donors (Lipinski definition) is 3. The van der Waals surface area contributed by atoms with E-state index in [1.807, 2.05) is 53.7 Å². The summed E-state index contributed by atoms with van der Waals surface area (Å²) in [6.45, 7) is 13.9. The molecule has 0 aliphatic carbocycles. The smallest absolute Gasteiger partial charge is 0.275 e. The van der Waals surface area contributed by atoms with Crippen molar-refractivity contribution in [2.45, 2.75) is 66.2 Å².